The lowest BCUT2D eigenvalue weighted by Gasteiger charge is -2.14. The van der Waals surface area contributed by atoms with Crippen LogP contribution < -0.4 is 10.3 Å². The molecule has 0 atom stereocenters. The summed E-state index contributed by atoms with van der Waals surface area (Å²) < 4.78 is 33.8. The Bertz CT molecular complexity index is 975. The minimum atomic E-state index is -0.699. The molecular formula is C18H13BrF2N2O2. The average molecular weight is 407 g/mol. The number of hydrogen-bond donors (Lipinski definition) is 0. The van der Waals surface area contributed by atoms with Crippen LogP contribution in [0.4, 0.5) is 8.78 Å². The third-order valence-corrected chi connectivity index (χ3v) is 4.31. The topological polar surface area (TPSA) is 44.1 Å². The van der Waals surface area contributed by atoms with Crippen LogP contribution in [0.5, 0.6) is 5.75 Å². The molecule has 2 heterocycles. The molecule has 0 saturated heterocycles. The van der Waals surface area contributed by atoms with Crippen LogP contribution in [-0.2, 0) is 6.61 Å². The number of aryl methyl sites for hydroxylation is 1. The van der Waals surface area contributed by atoms with Crippen molar-refractivity contribution < 1.29 is 13.5 Å². The molecule has 0 fully saturated rings. The zero-order valence-corrected chi connectivity index (χ0v) is 14.8. The van der Waals surface area contributed by atoms with Gasteiger partial charge in [-0.15, -0.1) is 0 Å². The molecule has 3 aromatic rings. The molecule has 1 aromatic carbocycles. The zero-order chi connectivity index (χ0) is 18.0. The van der Waals surface area contributed by atoms with Gasteiger partial charge >= 0.3 is 0 Å². The molecule has 2 aromatic heterocycles. The van der Waals surface area contributed by atoms with Crippen molar-refractivity contribution in [3.8, 4) is 11.6 Å². The molecule has 0 spiro atoms. The predicted molar refractivity (Wildman–Crippen MR) is 93.0 cm³/mol. The van der Waals surface area contributed by atoms with Crippen molar-refractivity contribution in [1.29, 1.82) is 0 Å². The second kappa shape index (κ2) is 7.14. The van der Waals surface area contributed by atoms with Gasteiger partial charge in [0.2, 0.25) is 0 Å². The second-order valence-corrected chi connectivity index (χ2v) is 6.11. The lowest BCUT2D eigenvalue weighted by atomic mass is 10.2. The van der Waals surface area contributed by atoms with Crippen LogP contribution in [-0.4, -0.2) is 9.55 Å². The normalized spacial score (nSPS) is 10.7. The van der Waals surface area contributed by atoms with E-state index in [1.165, 1.54) is 10.6 Å². The summed E-state index contributed by atoms with van der Waals surface area (Å²) in [5.41, 5.74) is 0.467. The minimum Gasteiger partial charge on any atom is -0.487 e. The average Bonchev–Trinajstić information content (AvgIpc) is 2.59. The van der Waals surface area contributed by atoms with E-state index in [0.29, 0.717) is 11.5 Å². The van der Waals surface area contributed by atoms with E-state index in [-0.39, 0.29) is 28.0 Å². The van der Waals surface area contributed by atoms with Crippen molar-refractivity contribution in [2.45, 2.75) is 13.5 Å². The number of halogens is 3. The molecule has 25 heavy (non-hydrogen) atoms. The van der Waals surface area contributed by atoms with Crippen molar-refractivity contribution in [3.05, 3.63) is 86.4 Å². The van der Waals surface area contributed by atoms with Gasteiger partial charge in [0.1, 0.15) is 34.3 Å². The first-order valence-electron chi connectivity index (χ1n) is 7.37. The van der Waals surface area contributed by atoms with Crippen LogP contribution >= 0.6 is 15.9 Å². The van der Waals surface area contributed by atoms with E-state index < -0.39 is 11.6 Å². The van der Waals surface area contributed by atoms with E-state index in [9.17, 15) is 13.6 Å². The summed E-state index contributed by atoms with van der Waals surface area (Å²) in [4.78, 5) is 16.8. The van der Waals surface area contributed by atoms with Gasteiger partial charge in [-0.1, -0.05) is 6.07 Å². The Labute approximate surface area is 150 Å². The van der Waals surface area contributed by atoms with Gasteiger partial charge in [-0.05, 0) is 47.1 Å². The Morgan fingerprint density at radius 3 is 2.68 bits per heavy atom. The van der Waals surface area contributed by atoms with Crippen molar-refractivity contribution in [1.82, 2.24) is 9.55 Å². The third-order valence-electron chi connectivity index (χ3n) is 3.58. The van der Waals surface area contributed by atoms with Gasteiger partial charge in [0.05, 0.1) is 0 Å². The summed E-state index contributed by atoms with van der Waals surface area (Å²) in [5, 5.41) is 0. The minimum absolute atomic E-state index is 0.128. The summed E-state index contributed by atoms with van der Waals surface area (Å²) in [5.74, 6) is -0.592. The fraction of sp³-hybridized carbons (Fsp3) is 0.111. The number of nitrogens with zero attached hydrogens (tertiary/aromatic N) is 2. The molecular weight excluding hydrogens is 394 g/mol. The molecule has 0 aliphatic carbocycles. The Morgan fingerprint density at radius 2 is 2.00 bits per heavy atom. The van der Waals surface area contributed by atoms with E-state index in [1.54, 1.807) is 37.4 Å². The lowest BCUT2D eigenvalue weighted by Crippen LogP contribution is -2.22. The smallest absolute Gasteiger partial charge is 0.274 e. The summed E-state index contributed by atoms with van der Waals surface area (Å²) in [7, 11) is 0. The Hall–Kier alpha value is -2.54. The lowest BCUT2D eigenvalue weighted by molar-refractivity contribution is 0.296. The van der Waals surface area contributed by atoms with Gasteiger partial charge in [0.25, 0.3) is 5.56 Å². The van der Waals surface area contributed by atoms with Crippen molar-refractivity contribution in [2.24, 2.45) is 0 Å². The highest BCUT2D eigenvalue weighted by molar-refractivity contribution is 9.10. The third kappa shape index (κ3) is 3.61. The molecule has 0 bridgehead atoms. The van der Waals surface area contributed by atoms with Gasteiger partial charge in [-0.25, -0.2) is 13.8 Å². The molecule has 7 heteroatoms. The van der Waals surface area contributed by atoms with E-state index >= 15 is 0 Å². The number of ether oxygens (including phenoxy) is 1. The first-order chi connectivity index (χ1) is 12.0. The SMILES string of the molecule is Cc1cc(OCc2ccc(F)cc2F)c(Br)c(=O)n1-c1ccccn1. The van der Waals surface area contributed by atoms with Gasteiger partial charge < -0.3 is 4.74 Å². The molecule has 0 amide bonds. The van der Waals surface area contributed by atoms with Crippen LogP contribution in [0.25, 0.3) is 5.82 Å². The first kappa shape index (κ1) is 17.3. The zero-order valence-electron chi connectivity index (χ0n) is 13.2. The molecule has 0 unspecified atom stereocenters. The number of benzene rings is 1. The highest BCUT2D eigenvalue weighted by Crippen LogP contribution is 2.25. The van der Waals surface area contributed by atoms with E-state index in [1.807, 2.05) is 0 Å². The van der Waals surface area contributed by atoms with Crippen molar-refractivity contribution in [3.63, 3.8) is 0 Å². The molecule has 4 nitrogen and oxygen atoms in total. The Balaban J connectivity index is 1.92. The van der Waals surface area contributed by atoms with Gasteiger partial charge in [0, 0.05) is 29.6 Å². The van der Waals surface area contributed by atoms with Gasteiger partial charge in [-0.2, -0.15) is 0 Å². The van der Waals surface area contributed by atoms with Crippen LogP contribution in [0, 0.1) is 18.6 Å². The van der Waals surface area contributed by atoms with E-state index in [4.69, 9.17) is 4.74 Å². The van der Waals surface area contributed by atoms with Gasteiger partial charge in [0.15, 0.2) is 0 Å². The van der Waals surface area contributed by atoms with Gasteiger partial charge in [-0.3, -0.25) is 9.36 Å². The van der Waals surface area contributed by atoms with Crippen LogP contribution in [0.15, 0.2) is 57.9 Å². The summed E-state index contributed by atoms with van der Waals surface area (Å²) in [6.07, 6.45) is 1.59. The number of aromatic nitrogens is 2. The largest absolute Gasteiger partial charge is 0.487 e. The molecule has 3 rings (SSSR count). The fourth-order valence-electron chi connectivity index (χ4n) is 2.35. The Morgan fingerprint density at radius 1 is 1.20 bits per heavy atom. The highest BCUT2D eigenvalue weighted by Gasteiger charge is 2.14. The van der Waals surface area contributed by atoms with Crippen LogP contribution in [0.2, 0.25) is 0 Å². The molecule has 0 aliphatic heterocycles. The molecule has 0 N–H and O–H groups in total. The molecule has 128 valence electrons. The first-order valence-corrected chi connectivity index (χ1v) is 8.17. The molecule has 0 saturated carbocycles. The second-order valence-electron chi connectivity index (χ2n) is 5.32. The van der Waals surface area contributed by atoms with Crippen LogP contribution in [0.1, 0.15) is 11.3 Å². The maximum Gasteiger partial charge on any atom is 0.274 e. The Kier molecular flexibility index (Phi) is 4.94. The van der Waals surface area contributed by atoms with Crippen molar-refractivity contribution in [2.75, 3.05) is 0 Å². The maximum atomic E-state index is 13.7. The van der Waals surface area contributed by atoms with Crippen LogP contribution in [0.3, 0.4) is 0 Å². The van der Waals surface area contributed by atoms with Crippen molar-refractivity contribution >= 4 is 15.9 Å². The summed E-state index contributed by atoms with van der Waals surface area (Å²) in [6.45, 7) is 1.62. The molecule has 0 radical (unpaired) electrons. The fourth-order valence-corrected chi connectivity index (χ4v) is 2.76. The number of hydrogen-bond acceptors (Lipinski definition) is 3. The van der Waals surface area contributed by atoms with E-state index in [0.717, 1.165) is 12.1 Å². The summed E-state index contributed by atoms with van der Waals surface area (Å²) >= 11 is 3.23. The summed E-state index contributed by atoms with van der Waals surface area (Å²) in [6, 6.07) is 10.2. The monoisotopic (exact) mass is 406 g/mol. The number of rotatable bonds is 4. The van der Waals surface area contributed by atoms with E-state index in [2.05, 4.69) is 20.9 Å². The number of pyridine rings is 2. The predicted octanol–water partition coefficient (Wildman–Crippen LogP) is 4.16. The highest BCUT2D eigenvalue weighted by atomic mass is 79.9. The quantitative estimate of drug-likeness (QED) is 0.653. The maximum absolute atomic E-state index is 13.7. The standard InChI is InChI=1S/C18H13BrF2N2O2/c1-11-8-15(25-10-12-5-6-13(20)9-14(12)21)17(19)18(24)23(11)16-4-2-3-7-22-16/h2-9H,10H2,1H3. The molecule has 0 aliphatic rings.